The summed E-state index contributed by atoms with van der Waals surface area (Å²) >= 11 is 11.1. The van der Waals surface area contributed by atoms with Crippen molar-refractivity contribution >= 4 is 41.1 Å². The number of carbonyl (C=O) groups excluding carboxylic acids is 2. The van der Waals surface area contributed by atoms with Crippen LogP contribution in [0.3, 0.4) is 0 Å². The minimum absolute atomic E-state index is 0.317. The molecule has 39 heavy (non-hydrogen) atoms. The van der Waals surface area contributed by atoms with Crippen molar-refractivity contribution in [1.29, 1.82) is 0 Å². The van der Waals surface area contributed by atoms with Crippen molar-refractivity contribution in [3.63, 3.8) is 0 Å². The number of ether oxygens (including phenoxy) is 1. The quantitative estimate of drug-likeness (QED) is 0.254. The SMILES string of the molecule is O=C(CNC(=O)c1ccc(/C=C/[C@@H](c2cc(Cl)c(F)c(Cl)c2)C(F)(F)F)cc1OC(F)(F)F)NCC(F)(F)F. The van der Waals surface area contributed by atoms with Gasteiger partial charge in [0.25, 0.3) is 5.91 Å². The Morgan fingerprint density at radius 2 is 1.51 bits per heavy atom. The topological polar surface area (TPSA) is 67.4 Å². The van der Waals surface area contributed by atoms with Crippen LogP contribution in [0.2, 0.25) is 10.0 Å². The normalized spacial score (nSPS) is 13.3. The van der Waals surface area contributed by atoms with E-state index < -0.39 is 82.3 Å². The zero-order chi connectivity index (χ0) is 29.8. The average molecular weight is 615 g/mol. The Labute approximate surface area is 222 Å². The standard InChI is InChI=1S/C22H14Cl2F10N2O3/c23-14-6-11(7-15(24)18(14)25)13(21(29,30)31)4-2-10-1-3-12(16(5-10)39-22(32,33)34)19(38)35-8-17(37)36-9-20(26,27)28/h1-7,13H,8-9H2,(H,35,38)(H,36,37)/b4-2+/t13-/m0/s1. The van der Waals surface area contributed by atoms with Crippen molar-refractivity contribution in [2.45, 2.75) is 24.6 Å². The zero-order valence-corrected chi connectivity index (χ0v) is 20.3. The Morgan fingerprint density at radius 3 is 2.03 bits per heavy atom. The van der Waals surface area contributed by atoms with Gasteiger partial charge < -0.3 is 15.4 Å². The molecule has 0 aliphatic heterocycles. The van der Waals surface area contributed by atoms with Gasteiger partial charge in [-0.3, -0.25) is 9.59 Å². The molecule has 2 aromatic rings. The Kier molecular flexibility index (Phi) is 10.1. The third-order valence-corrected chi connectivity index (χ3v) is 5.12. The number of allylic oxidation sites excluding steroid dienone is 1. The second-order valence-electron chi connectivity index (χ2n) is 7.55. The second-order valence-corrected chi connectivity index (χ2v) is 8.37. The van der Waals surface area contributed by atoms with E-state index in [-0.39, 0.29) is 5.56 Å². The second kappa shape index (κ2) is 12.3. The average Bonchev–Trinajstić information content (AvgIpc) is 2.77. The monoisotopic (exact) mass is 614 g/mol. The Balaban J connectivity index is 2.34. The van der Waals surface area contributed by atoms with Gasteiger partial charge in [0, 0.05) is 0 Å². The van der Waals surface area contributed by atoms with Crippen LogP contribution in [0.1, 0.15) is 27.4 Å². The molecule has 0 aliphatic rings. The Hall–Kier alpha value is -3.20. The minimum atomic E-state index is -5.36. The molecule has 0 fully saturated rings. The fraction of sp³-hybridized carbons (Fsp3) is 0.273. The summed E-state index contributed by atoms with van der Waals surface area (Å²) in [6.45, 7) is -2.77. The van der Waals surface area contributed by atoms with Crippen LogP contribution in [-0.4, -0.2) is 43.6 Å². The lowest BCUT2D eigenvalue weighted by molar-refractivity contribution is -0.274. The highest BCUT2D eigenvalue weighted by molar-refractivity contribution is 6.35. The van der Waals surface area contributed by atoms with Crippen LogP contribution in [0.25, 0.3) is 6.08 Å². The highest BCUT2D eigenvalue weighted by atomic mass is 35.5. The third kappa shape index (κ3) is 10.1. The number of nitrogens with one attached hydrogen (secondary N) is 2. The molecule has 1 atom stereocenters. The van der Waals surface area contributed by atoms with E-state index in [2.05, 4.69) is 4.74 Å². The van der Waals surface area contributed by atoms with Crippen LogP contribution in [0.5, 0.6) is 5.75 Å². The number of hydrogen-bond donors (Lipinski definition) is 2. The highest BCUT2D eigenvalue weighted by Crippen LogP contribution is 2.39. The van der Waals surface area contributed by atoms with Crippen LogP contribution < -0.4 is 15.4 Å². The van der Waals surface area contributed by atoms with Gasteiger partial charge in [-0.1, -0.05) is 41.4 Å². The fourth-order valence-electron chi connectivity index (χ4n) is 2.93. The Bertz CT molecular complexity index is 1220. The molecule has 214 valence electrons. The van der Waals surface area contributed by atoms with Crippen molar-refractivity contribution in [2.75, 3.05) is 13.1 Å². The van der Waals surface area contributed by atoms with Crippen molar-refractivity contribution < 1.29 is 58.2 Å². The van der Waals surface area contributed by atoms with Crippen LogP contribution in [0.4, 0.5) is 43.9 Å². The largest absolute Gasteiger partial charge is 0.573 e. The number of halogens is 12. The van der Waals surface area contributed by atoms with Gasteiger partial charge in [-0.2, -0.15) is 26.3 Å². The van der Waals surface area contributed by atoms with Gasteiger partial charge in [0.05, 0.1) is 28.1 Å². The number of rotatable bonds is 8. The first-order valence-corrected chi connectivity index (χ1v) is 10.9. The van der Waals surface area contributed by atoms with E-state index >= 15 is 0 Å². The fourth-order valence-corrected chi connectivity index (χ4v) is 3.43. The molecule has 2 N–H and O–H groups in total. The van der Waals surface area contributed by atoms with E-state index in [0.29, 0.717) is 24.3 Å². The molecule has 0 saturated heterocycles. The number of amides is 2. The molecule has 0 heterocycles. The minimum Gasteiger partial charge on any atom is -0.405 e. The van der Waals surface area contributed by atoms with Crippen molar-refractivity contribution in [3.05, 3.63) is 69.0 Å². The molecule has 0 spiro atoms. The first kappa shape index (κ1) is 32.0. The van der Waals surface area contributed by atoms with Crippen LogP contribution >= 0.6 is 23.2 Å². The Morgan fingerprint density at radius 1 is 0.923 bits per heavy atom. The van der Waals surface area contributed by atoms with Crippen molar-refractivity contribution in [3.8, 4) is 5.75 Å². The van der Waals surface area contributed by atoms with Gasteiger partial charge in [0.1, 0.15) is 12.3 Å². The molecule has 0 aliphatic carbocycles. The van der Waals surface area contributed by atoms with Gasteiger partial charge in [0.15, 0.2) is 5.82 Å². The van der Waals surface area contributed by atoms with Crippen LogP contribution in [0, 0.1) is 5.82 Å². The molecule has 17 heteroatoms. The lowest BCUT2D eigenvalue weighted by Gasteiger charge is -2.18. The number of alkyl halides is 9. The van der Waals surface area contributed by atoms with Gasteiger partial charge >= 0.3 is 18.7 Å². The van der Waals surface area contributed by atoms with Crippen LogP contribution in [-0.2, 0) is 4.79 Å². The summed E-state index contributed by atoms with van der Waals surface area (Å²) in [4.78, 5) is 23.7. The maximum atomic E-state index is 13.7. The summed E-state index contributed by atoms with van der Waals surface area (Å²) in [7, 11) is 0. The highest BCUT2D eigenvalue weighted by Gasteiger charge is 2.39. The summed E-state index contributed by atoms with van der Waals surface area (Å²) in [6, 6.07) is 3.54. The molecule has 0 aromatic heterocycles. The predicted octanol–water partition coefficient (Wildman–Crippen LogP) is 6.80. The van der Waals surface area contributed by atoms with Gasteiger partial charge in [-0.15, -0.1) is 13.2 Å². The summed E-state index contributed by atoms with van der Waals surface area (Å²) in [5, 5.41) is 1.82. The first-order chi connectivity index (χ1) is 17.8. The van der Waals surface area contributed by atoms with Gasteiger partial charge in [-0.05, 0) is 35.4 Å². The number of carbonyl (C=O) groups is 2. The zero-order valence-electron chi connectivity index (χ0n) is 18.8. The van der Waals surface area contributed by atoms with E-state index in [1.54, 1.807) is 5.32 Å². The number of benzene rings is 2. The van der Waals surface area contributed by atoms with E-state index in [4.69, 9.17) is 23.2 Å². The van der Waals surface area contributed by atoms with Crippen molar-refractivity contribution in [2.24, 2.45) is 0 Å². The maximum absolute atomic E-state index is 13.7. The molecule has 0 radical (unpaired) electrons. The molecule has 5 nitrogen and oxygen atoms in total. The van der Waals surface area contributed by atoms with E-state index in [0.717, 1.165) is 18.2 Å². The molecule has 0 saturated carbocycles. The molecule has 2 amide bonds. The summed E-state index contributed by atoms with van der Waals surface area (Å²) in [5.41, 5.74) is -1.73. The number of hydrogen-bond acceptors (Lipinski definition) is 3. The lowest BCUT2D eigenvalue weighted by Crippen LogP contribution is -2.41. The molecule has 0 unspecified atom stereocenters. The molecular weight excluding hydrogens is 601 g/mol. The van der Waals surface area contributed by atoms with Crippen molar-refractivity contribution in [1.82, 2.24) is 10.6 Å². The molecule has 2 aromatic carbocycles. The summed E-state index contributed by atoms with van der Waals surface area (Å²) in [6.07, 6.45) is -13.8. The van der Waals surface area contributed by atoms with Gasteiger partial charge in [0.2, 0.25) is 5.91 Å². The van der Waals surface area contributed by atoms with Crippen LogP contribution in [0.15, 0.2) is 36.4 Å². The predicted molar refractivity (Wildman–Crippen MR) is 119 cm³/mol. The maximum Gasteiger partial charge on any atom is 0.573 e. The molecule has 2 rings (SSSR count). The summed E-state index contributed by atoms with van der Waals surface area (Å²) in [5.74, 6) is -7.45. The van der Waals surface area contributed by atoms with Gasteiger partial charge in [-0.25, -0.2) is 4.39 Å². The van der Waals surface area contributed by atoms with E-state index in [1.165, 1.54) is 5.32 Å². The molecular formula is C22H14Cl2F10N2O3. The van der Waals surface area contributed by atoms with E-state index in [1.807, 2.05) is 0 Å². The smallest absolute Gasteiger partial charge is 0.405 e. The summed E-state index contributed by atoms with van der Waals surface area (Å²) < 4.78 is 133. The lowest BCUT2D eigenvalue weighted by atomic mass is 9.96. The first-order valence-electron chi connectivity index (χ1n) is 10.2. The molecule has 0 bridgehead atoms. The van der Waals surface area contributed by atoms with E-state index in [9.17, 15) is 53.5 Å². The third-order valence-electron chi connectivity index (χ3n) is 4.57.